The molecule has 0 aromatic heterocycles. The molecule has 0 N–H and O–H groups in total. The zero-order valence-corrected chi connectivity index (χ0v) is 13.4. The molecule has 1 atom stereocenters. The van der Waals surface area contributed by atoms with Crippen molar-refractivity contribution < 1.29 is 4.43 Å². The van der Waals surface area contributed by atoms with Crippen molar-refractivity contribution in [2.75, 3.05) is 0 Å². The molecule has 0 aliphatic carbocycles. The Morgan fingerprint density at radius 1 is 1.07 bits per heavy atom. The molecule has 0 aliphatic rings. The molecule has 14 heavy (non-hydrogen) atoms. The van der Waals surface area contributed by atoms with Crippen LogP contribution in [0, 0.1) is 5.92 Å². The maximum Gasteiger partial charge on any atom is 0.193 e. The predicted molar refractivity (Wildman–Crippen MR) is 75.5 cm³/mol. The van der Waals surface area contributed by atoms with Gasteiger partial charge in [-0.3, -0.25) is 0 Å². The second-order valence-electron chi connectivity index (χ2n) is 4.40. The summed E-state index contributed by atoms with van der Waals surface area (Å²) in [4.78, 5) is 0. The van der Waals surface area contributed by atoms with Crippen molar-refractivity contribution in [3.8, 4) is 0 Å². The molecule has 3 heteroatoms. The Morgan fingerprint density at radius 3 is 1.79 bits per heavy atom. The Labute approximate surface area is 104 Å². The lowest BCUT2D eigenvalue weighted by Gasteiger charge is -2.31. The zero-order chi connectivity index (χ0) is 11.2. The van der Waals surface area contributed by atoms with Crippen LogP contribution in [0.1, 0.15) is 41.0 Å². The number of hydrogen-bond donors (Lipinski definition) is 0. The highest BCUT2D eigenvalue weighted by atomic mass is 127. The Balaban J connectivity index is 4.15. The molecular formula is C11H25IOSi. The van der Waals surface area contributed by atoms with Crippen molar-refractivity contribution in [2.24, 2.45) is 5.92 Å². The quantitative estimate of drug-likeness (QED) is 0.370. The van der Waals surface area contributed by atoms with Gasteiger partial charge < -0.3 is 4.43 Å². The van der Waals surface area contributed by atoms with Crippen molar-refractivity contribution in [3.63, 3.8) is 0 Å². The minimum absolute atomic E-state index is 0.430. The Morgan fingerprint density at radius 2 is 1.50 bits per heavy atom. The van der Waals surface area contributed by atoms with Crippen LogP contribution in [-0.4, -0.2) is 12.4 Å². The van der Waals surface area contributed by atoms with Crippen molar-refractivity contribution in [3.05, 3.63) is 0 Å². The standard InChI is InChI=1S/C11H25IOSi/c1-6-14(7-2,8-3)13-11(12)9-10(4)5/h10-11H,6-9H2,1-5H3. The van der Waals surface area contributed by atoms with Gasteiger partial charge in [-0.2, -0.15) is 0 Å². The molecule has 0 bridgehead atoms. The van der Waals surface area contributed by atoms with Gasteiger partial charge in [0.05, 0.1) is 4.11 Å². The Kier molecular flexibility index (Phi) is 7.69. The van der Waals surface area contributed by atoms with Gasteiger partial charge in [0.15, 0.2) is 8.32 Å². The van der Waals surface area contributed by atoms with Crippen LogP contribution >= 0.6 is 22.6 Å². The molecule has 0 saturated carbocycles. The van der Waals surface area contributed by atoms with Crippen molar-refractivity contribution in [1.29, 1.82) is 0 Å². The fraction of sp³-hybridized carbons (Fsp3) is 1.00. The van der Waals surface area contributed by atoms with E-state index in [0.29, 0.717) is 4.11 Å². The number of hydrogen-bond acceptors (Lipinski definition) is 1. The van der Waals surface area contributed by atoms with Gasteiger partial charge in [0.25, 0.3) is 0 Å². The van der Waals surface area contributed by atoms with Gasteiger partial charge in [0.2, 0.25) is 0 Å². The van der Waals surface area contributed by atoms with Gasteiger partial charge in [0, 0.05) is 0 Å². The molecule has 0 heterocycles. The van der Waals surface area contributed by atoms with Crippen LogP contribution in [0.3, 0.4) is 0 Å². The summed E-state index contributed by atoms with van der Waals surface area (Å²) in [5.41, 5.74) is 0. The lowest BCUT2D eigenvalue weighted by Crippen LogP contribution is -2.38. The minimum atomic E-state index is -1.35. The van der Waals surface area contributed by atoms with E-state index in [-0.39, 0.29) is 0 Å². The molecule has 0 radical (unpaired) electrons. The maximum atomic E-state index is 6.32. The zero-order valence-electron chi connectivity index (χ0n) is 10.3. The Bertz CT molecular complexity index is 138. The van der Waals surface area contributed by atoms with Crippen LogP contribution in [0.2, 0.25) is 18.1 Å². The van der Waals surface area contributed by atoms with Crippen LogP contribution in [0.4, 0.5) is 0 Å². The van der Waals surface area contributed by atoms with Gasteiger partial charge >= 0.3 is 0 Å². The molecule has 0 spiro atoms. The predicted octanol–water partition coefficient (Wildman–Crippen LogP) is 4.82. The first-order valence-electron chi connectivity index (χ1n) is 5.81. The molecule has 0 saturated heterocycles. The smallest absolute Gasteiger partial charge is 0.193 e. The third kappa shape index (κ3) is 5.12. The second kappa shape index (κ2) is 7.22. The lowest BCUT2D eigenvalue weighted by molar-refractivity contribution is 0.256. The summed E-state index contributed by atoms with van der Waals surface area (Å²) < 4.78 is 6.75. The highest BCUT2D eigenvalue weighted by Crippen LogP contribution is 2.27. The Hall–Kier alpha value is 0.907. The van der Waals surface area contributed by atoms with Gasteiger partial charge in [-0.05, 0) is 30.5 Å². The van der Waals surface area contributed by atoms with E-state index in [9.17, 15) is 0 Å². The number of alkyl halides is 1. The summed E-state index contributed by atoms with van der Waals surface area (Å²) in [5.74, 6) is 0.745. The number of rotatable bonds is 7. The fourth-order valence-corrected chi connectivity index (χ4v) is 6.96. The van der Waals surface area contributed by atoms with Crippen molar-refractivity contribution in [1.82, 2.24) is 0 Å². The highest BCUT2D eigenvalue weighted by Gasteiger charge is 2.31. The fourth-order valence-electron chi connectivity index (χ4n) is 1.69. The van der Waals surface area contributed by atoms with Gasteiger partial charge in [-0.1, -0.05) is 57.2 Å². The molecule has 0 aromatic carbocycles. The van der Waals surface area contributed by atoms with E-state index in [2.05, 4.69) is 57.2 Å². The first kappa shape index (κ1) is 14.9. The normalized spacial score (nSPS) is 14.8. The molecule has 0 amide bonds. The van der Waals surface area contributed by atoms with E-state index in [4.69, 9.17) is 4.43 Å². The largest absolute Gasteiger partial charge is 0.405 e. The second-order valence-corrected chi connectivity index (χ2v) is 10.5. The lowest BCUT2D eigenvalue weighted by atomic mass is 10.1. The third-order valence-corrected chi connectivity index (χ3v) is 8.86. The van der Waals surface area contributed by atoms with E-state index >= 15 is 0 Å². The minimum Gasteiger partial charge on any atom is -0.405 e. The molecule has 1 nitrogen and oxygen atoms in total. The van der Waals surface area contributed by atoms with Crippen LogP contribution in [-0.2, 0) is 4.43 Å². The van der Waals surface area contributed by atoms with Crippen LogP contribution in [0.25, 0.3) is 0 Å². The third-order valence-electron chi connectivity index (χ3n) is 2.97. The molecule has 86 valence electrons. The highest BCUT2D eigenvalue weighted by molar-refractivity contribution is 14.1. The molecule has 0 rings (SSSR count). The topological polar surface area (TPSA) is 9.23 Å². The average molecular weight is 328 g/mol. The van der Waals surface area contributed by atoms with E-state index in [1.165, 1.54) is 24.6 Å². The summed E-state index contributed by atoms with van der Waals surface area (Å²) in [6.45, 7) is 11.4. The monoisotopic (exact) mass is 328 g/mol. The summed E-state index contributed by atoms with van der Waals surface area (Å²) in [6, 6.07) is 3.78. The van der Waals surface area contributed by atoms with Gasteiger partial charge in [-0.15, -0.1) is 0 Å². The van der Waals surface area contributed by atoms with Crippen LogP contribution < -0.4 is 0 Å². The van der Waals surface area contributed by atoms with Crippen LogP contribution in [0.5, 0.6) is 0 Å². The number of halogens is 1. The molecule has 1 unspecified atom stereocenters. The van der Waals surface area contributed by atoms with E-state index in [1.54, 1.807) is 0 Å². The van der Waals surface area contributed by atoms with Crippen LogP contribution in [0.15, 0.2) is 0 Å². The van der Waals surface area contributed by atoms with Gasteiger partial charge in [0.1, 0.15) is 0 Å². The summed E-state index contributed by atoms with van der Waals surface area (Å²) >= 11 is 2.46. The SMILES string of the molecule is CC[Si](CC)(CC)OC(I)CC(C)C. The van der Waals surface area contributed by atoms with E-state index < -0.39 is 8.32 Å². The molecular weight excluding hydrogens is 303 g/mol. The van der Waals surface area contributed by atoms with E-state index in [1.807, 2.05) is 0 Å². The van der Waals surface area contributed by atoms with E-state index in [0.717, 1.165) is 5.92 Å². The first-order valence-corrected chi connectivity index (χ1v) is 9.59. The summed E-state index contributed by atoms with van der Waals surface area (Å²) in [5, 5.41) is 0. The van der Waals surface area contributed by atoms with Crippen molar-refractivity contribution >= 4 is 30.9 Å². The van der Waals surface area contributed by atoms with Crippen molar-refractivity contribution in [2.45, 2.75) is 63.3 Å². The first-order chi connectivity index (χ1) is 6.49. The molecule has 0 fully saturated rings. The summed E-state index contributed by atoms with van der Waals surface area (Å²) in [6.07, 6.45) is 1.19. The maximum absolute atomic E-state index is 6.32. The average Bonchev–Trinajstić information content (AvgIpc) is 2.13. The molecule has 0 aromatic rings. The van der Waals surface area contributed by atoms with Gasteiger partial charge in [-0.25, -0.2) is 0 Å². The molecule has 0 aliphatic heterocycles. The summed E-state index contributed by atoms with van der Waals surface area (Å²) in [7, 11) is -1.35.